The van der Waals surface area contributed by atoms with Crippen LogP contribution in [0.2, 0.25) is 5.02 Å². The molecule has 0 fully saturated rings. The molecule has 1 aliphatic heterocycles. The normalized spacial score (nSPS) is 15.1. The van der Waals surface area contributed by atoms with Gasteiger partial charge in [0.2, 0.25) is 0 Å². The van der Waals surface area contributed by atoms with E-state index in [9.17, 15) is 0 Å². The molecule has 4 heteroatoms. The van der Waals surface area contributed by atoms with Gasteiger partial charge in [-0.3, -0.25) is 0 Å². The van der Waals surface area contributed by atoms with Crippen molar-refractivity contribution in [3.8, 4) is 5.75 Å². The zero-order valence-corrected chi connectivity index (χ0v) is 11.5. The van der Waals surface area contributed by atoms with Gasteiger partial charge in [0.25, 0.3) is 0 Å². The van der Waals surface area contributed by atoms with Crippen LogP contribution in [0.25, 0.3) is 0 Å². The van der Waals surface area contributed by atoms with Crippen LogP contribution >= 0.6 is 11.6 Å². The van der Waals surface area contributed by atoms with E-state index in [1.165, 1.54) is 5.56 Å². The molecule has 0 unspecified atom stereocenters. The van der Waals surface area contributed by atoms with Gasteiger partial charge in [-0.05, 0) is 36.8 Å². The molecule has 0 aliphatic carbocycles. The first-order chi connectivity index (χ1) is 9.24. The first-order valence-corrected chi connectivity index (χ1v) is 6.82. The summed E-state index contributed by atoms with van der Waals surface area (Å²) in [6.45, 7) is 3.53. The molecule has 0 bridgehead atoms. The van der Waals surface area contributed by atoms with E-state index >= 15 is 0 Å². The molecule has 19 heavy (non-hydrogen) atoms. The predicted molar refractivity (Wildman–Crippen MR) is 74.6 cm³/mol. The molecular weight excluding hydrogens is 262 g/mol. The average molecular weight is 278 g/mol. The Balaban J connectivity index is 1.74. The lowest BCUT2D eigenvalue weighted by Gasteiger charge is -2.14. The molecule has 0 spiro atoms. The quantitative estimate of drug-likeness (QED) is 0.925. The van der Waals surface area contributed by atoms with Gasteiger partial charge in [-0.15, -0.1) is 0 Å². The zero-order chi connectivity index (χ0) is 13.2. The lowest BCUT2D eigenvalue weighted by Crippen LogP contribution is -2.18. The highest BCUT2D eigenvalue weighted by Gasteiger charge is 2.18. The first kappa shape index (κ1) is 12.6. The molecule has 1 aliphatic rings. The Morgan fingerprint density at radius 3 is 3.11 bits per heavy atom. The van der Waals surface area contributed by atoms with Crippen molar-refractivity contribution in [3.05, 3.63) is 52.4 Å². The molecule has 100 valence electrons. The van der Waals surface area contributed by atoms with Gasteiger partial charge in [0, 0.05) is 23.6 Å². The second kappa shape index (κ2) is 5.27. The number of hydrogen-bond donors (Lipinski definition) is 1. The van der Waals surface area contributed by atoms with Gasteiger partial charge in [0.15, 0.2) is 0 Å². The van der Waals surface area contributed by atoms with E-state index < -0.39 is 0 Å². The number of nitrogens with one attached hydrogen (secondary N) is 1. The Morgan fingerprint density at radius 2 is 2.32 bits per heavy atom. The number of halogens is 1. The lowest BCUT2D eigenvalue weighted by atomic mass is 10.1. The van der Waals surface area contributed by atoms with Gasteiger partial charge in [0.1, 0.15) is 11.5 Å². The van der Waals surface area contributed by atoms with Crippen molar-refractivity contribution >= 4 is 11.6 Å². The number of hydrogen-bond acceptors (Lipinski definition) is 3. The summed E-state index contributed by atoms with van der Waals surface area (Å²) in [6.07, 6.45) is 2.63. The standard InChI is InChI=1S/C15H16ClNO2/c1-10(14-3-2-5-18-14)17-9-12-8-13(16)7-11-4-6-19-15(11)12/h2-3,5,7-8,10,17H,4,6,9H2,1H3/t10-/m0/s1. The summed E-state index contributed by atoms with van der Waals surface area (Å²) >= 11 is 6.14. The SMILES string of the molecule is C[C@H](NCc1cc(Cl)cc2c1OCC2)c1ccco1. The van der Waals surface area contributed by atoms with Crippen LogP contribution in [0.1, 0.15) is 29.9 Å². The Labute approximate surface area is 117 Å². The summed E-state index contributed by atoms with van der Waals surface area (Å²) in [5.74, 6) is 1.92. The Bertz CT molecular complexity index is 566. The van der Waals surface area contributed by atoms with Crippen LogP contribution < -0.4 is 10.1 Å². The van der Waals surface area contributed by atoms with E-state index in [0.717, 1.165) is 35.1 Å². The van der Waals surface area contributed by atoms with E-state index in [4.69, 9.17) is 20.8 Å². The summed E-state index contributed by atoms with van der Waals surface area (Å²) in [5.41, 5.74) is 2.31. The Morgan fingerprint density at radius 1 is 1.42 bits per heavy atom. The third-order valence-electron chi connectivity index (χ3n) is 3.39. The average Bonchev–Trinajstić information content (AvgIpc) is 3.05. The predicted octanol–water partition coefficient (Wildman–Crippen LogP) is 3.72. The molecule has 1 N–H and O–H groups in total. The van der Waals surface area contributed by atoms with Crippen molar-refractivity contribution in [2.24, 2.45) is 0 Å². The van der Waals surface area contributed by atoms with Crippen molar-refractivity contribution in [1.82, 2.24) is 5.32 Å². The minimum Gasteiger partial charge on any atom is -0.493 e. The third-order valence-corrected chi connectivity index (χ3v) is 3.61. The maximum absolute atomic E-state index is 6.14. The molecule has 2 aromatic rings. The van der Waals surface area contributed by atoms with Crippen LogP contribution in [0.5, 0.6) is 5.75 Å². The fraction of sp³-hybridized carbons (Fsp3) is 0.333. The molecule has 1 atom stereocenters. The Hall–Kier alpha value is -1.45. The van der Waals surface area contributed by atoms with Gasteiger partial charge >= 0.3 is 0 Å². The maximum Gasteiger partial charge on any atom is 0.127 e. The monoisotopic (exact) mass is 277 g/mol. The maximum atomic E-state index is 6.14. The van der Waals surface area contributed by atoms with E-state index in [0.29, 0.717) is 6.54 Å². The fourth-order valence-electron chi connectivity index (χ4n) is 2.38. The van der Waals surface area contributed by atoms with Crippen molar-refractivity contribution in [3.63, 3.8) is 0 Å². The number of benzene rings is 1. The van der Waals surface area contributed by atoms with Gasteiger partial charge in [-0.25, -0.2) is 0 Å². The van der Waals surface area contributed by atoms with Crippen molar-refractivity contribution < 1.29 is 9.15 Å². The number of rotatable bonds is 4. The van der Waals surface area contributed by atoms with Crippen molar-refractivity contribution in [2.45, 2.75) is 25.9 Å². The molecule has 0 saturated heterocycles. The van der Waals surface area contributed by atoms with Crippen molar-refractivity contribution in [2.75, 3.05) is 6.61 Å². The fourth-order valence-corrected chi connectivity index (χ4v) is 2.64. The second-order valence-corrected chi connectivity index (χ2v) is 5.21. The largest absolute Gasteiger partial charge is 0.493 e. The van der Waals surface area contributed by atoms with Crippen LogP contribution in [0.15, 0.2) is 34.9 Å². The van der Waals surface area contributed by atoms with Gasteiger partial charge in [-0.1, -0.05) is 11.6 Å². The van der Waals surface area contributed by atoms with E-state index in [-0.39, 0.29) is 6.04 Å². The molecule has 3 nitrogen and oxygen atoms in total. The molecule has 0 amide bonds. The van der Waals surface area contributed by atoms with Crippen molar-refractivity contribution in [1.29, 1.82) is 0 Å². The van der Waals surface area contributed by atoms with Crippen LogP contribution in [-0.4, -0.2) is 6.61 Å². The highest BCUT2D eigenvalue weighted by atomic mass is 35.5. The number of fused-ring (bicyclic) bond motifs is 1. The Kier molecular flexibility index (Phi) is 3.49. The lowest BCUT2D eigenvalue weighted by molar-refractivity contribution is 0.350. The number of ether oxygens (including phenoxy) is 1. The van der Waals surface area contributed by atoms with Gasteiger partial charge in [-0.2, -0.15) is 0 Å². The van der Waals surface area contributed by atoms with Crippen LogP contribution in [0, 0.1) is 0 Å². The minimum atomic E-state index is 0.158. The zero-order valence-electron chi connectivity index (χ0n) is 10.8. The molecule has 2 heterocycles. The minimum absolute atomic E-state index is 0.158. The van der Waals surface area contributed by atoms with Crippen LogP contribution in [0.4, 0.5) is 0 Å². The molecule has 1 aromatic heterocycles. The van der Waals surface area contributed by atoms with E-state index in [1.54, 1.807) is 6.26 Å². The smallest absolute Gasteiger partial charge is 0.127 e. The molecule has 0 radical (unpaired) electrons. The molecular formula is C15H16ClNO2. The molecule has 1 aromatic carbocycles. The van der Waals surface area contributed by atoms with Gasteiger partial charge in [0.05, 0.1) is 18.9 Å². The topological polar surface area (TPSA) is 34.4 Å². The highest BCUT2D eigenvalue weighted by Crippen LogP contribution is 2.33. The highest BCUT2D eigenvalue weighted by molar-refractivity contribution is 6.30. The first-order valence-electron chi connectivity index (χ1n) is 6.45. The van der Waals surface area contributed by atoms with E-state index in [2.05, 4.69) is 12.2 Å². The summed E-state index contributed by atoms with van der Waals surface area (Å²) in [7, 11) is 0. The summed E-state index contributed by atoms with van der Waals surface area (Å²) < 4.78 is 11.1. The number of furan rings is 1. The van der Waals surface area contributed by atoms with E-state index in [1.807, 2.05) is 24.3 Å². The van der Waals surface area contributed by atoms with Crippen LogP contribution in [-0.2, 0) is 13.0 Å². The molecule has 3 rings (SSSR count). The summed E-state index contributed by atoms with van der Waals surface area (Å²) in [4.78, 5) is 0. The third kappa shape index (κ3) is 2.62. The summed E-state index contributed by atoms with van der Waals surface area (Å²) in [5, 5.41) is 4.20. The summed E-state index contributed by atoms with van der Waals surface area (Å²) in [6, 6.07) is 7.98. The van der Waals surface area contributed by atoms with Crippen LogP contribution in [0.3, 0.4) is 0 Å². The van der Waals surface area contributed by atoms with Gasteiger partial charge < -0.3 is 14.5 Å². The molecule has 0 saturated carbocycles. The second-order valence-electron chi connectivity index (χ2n) is 4.77.